The molecule has 0 atom stereocenters. The SMILES string of the molecule is ON1CCC(CCC2CCN(O)CC2)CC1. The van der Waals surface area contributed by atoms with Crippen molar-refractivity contribution >= 4 is 0 Å². The molecule has 2 rings (SSSR count). The van der Waals surface area contributed by atoms with Crippen LogP contribution in [0.3, 0.4) is 0 Å². The molecule has 0 aromatic heterocycles. The van der Waals surface area contributed by atoms with Gasteiger partial charge in [-0.3, -0.25) is 0 Å². The van der Waals surface area contributed by atoms with Gasteiger partial charge in [0.1, 0.15) is 0 Å². The Balaban J connectivity index is 1.60. The van der Waals surface area contributed by atoms with Crippen LogP contribution in [0.25, 0.3) is 0 Å². The second-order valence-corrected chi connectivity index (χ2v) is 5.37. The van der Waals surface area contributed by atoms with Crippen LogP contribution < -0.4 is 0 Å². The molecule has 2 fully saturated rings. The van der Waals surface area contributed by atoms with E-state index in [0.717, 1.165) is 63.7 Å². The Morgan fingerprint density at radius 2 is 1.00 bits per heavy atom. The van der Waals surface area contributed by atoms with Crippen molar-refractivity contribution in [2.45, 2.75) is 38.5 Å². The van der Waals surface area contributed by atoms with Gasteiger partial charge in [0.25, 0.3) is 0 Å². The van der Waals surface area contributed by atoms with Crippen molar-refractivity contribution in [3.8, 4) is 0 Å². The minimum atomic E-state index is 0.815. The lowest BCUT2D eigenvalue weighted by molar-refractivity contribution is -0.116. The fraction of sp³-hybridized carbons (Fsp3) is 1.00. The minimum absolute atomic E-state index is 0.815. The predicted octanol–water partition coefficient (Wildman–Crippen LogP) is 1.97. The van der Waals surface area contributed by atoms with Crippen molar-refractivity contribution in [1.29, 1.82) is 0 Å². The lowest BCUT2D eigenvalue weighted by atomic mass is 9.86. The maximum atomic E-state index is 9.27. The number of hydrogen-bond donors (Lipinski definition) is 2. The molecule has 0 aliphatic carbocycles. The highest BCUT2D eigenvalue weighted by Gasteiger charge is 2.21. The average Bonchev–Trinajstić information content (AvgIpc) is 2.30. The first-order valence-corrected chi connectivity index (χ1v) is 6.61. The molecule has 0 unspecified atom stereocenters. The number of hydroxylamine groups is 4. The van der Waals surface area contributed by atoms with Gasteiger partial charge in [0, 0.05) is 26.2 Å². The Bertz CT molecular complexity index is 175. The van der Waals surface area contributed by atoms with Crippen LogP contribution in [-0.2, 0) is 0 Å². The van der Waals surface area contributed by atoms with Crippen molar-refractivity contribution < 1.29 is 10.4 Å². The smallest absolute Gasteiger partial charge is 0.0240 e. The molecule has 16 heavy (non-hydrogen) atoms. The number of rotatable bonds is 3. The largest absolute Gasteiger partial charge is 0.314 e. The summed E-state index contributed by atoms with van der Waals surface area (Å²) >= 11 is 0. The third-order valence-corrected chi connectivity index (χ3v) is 4.17. The van der Waals surface area contributed by atoms with Gasteiger partial charge < -0.3 is 10.4 Å². The van der Waals surface area contributed by atoms with Crippen LogP contribution in [-0.4, -0.2) is 46.7 Å². The Labute approximate surface area is 97.8 Å². The standard InChI is InChI=1S/C12H24N2O2/c15-13-7-3-11(4-8-13)1-2-12-5-9-14(16)10-6-12/h11-12,15-16H,1-10H2. The summed E-state index contributed by atoms with van der Waals surface area (Å²) in [5, 5.41) is 21.4. The fourth-order valence-corrected chi connectivity index (χ4v) is 2.89. The van der Waals surface area contributed by atoms with E-state index in [1.54, 1.807) is 0 Å². The van der Waals surface area contributed by atoms with E-state index < -0.39 is 0 Å². The fourth-order valence-electron chi connectivity index (χ4n) is 2.89. The van der Waals surface area contributed by atoms with Gasteiger partial charge in [-0.25, -0.2) is 0 Å². The van der Waals surface area contributed by atoms with E-state index in [2.05, 4.69) is 0 Å². The molecule has 2 aliphatic heterocycles. The zero-order chi connectivity index (χ0) is 11.4. The van der Waals surface area contributed by atoms with Crippen LogP contribution in [0, 0.1) is 11.8 Å². The van der Waals surface area contributed by atoms with Gasteiger partial charge in [-0.05, 0) is 37.5 Å². The summed E-state index contributed by atoms with van der Waals surface area (Å²) in [5.74, 6) is 1.63. The number of hydrogen-bond acceptors (Lipinski definition) is 4. The first kappa shape index (κ1) is 12.3. The van der Waals surface area contributed by atoms with Crippen molar-refractivity contribution in [3.63, 3.8) is 0 Å². The topological polar surface area (TPSA) is 46.9 Å². The number of piperidine rings is 2. The van der Waals surface area contributed by atoms with Gasteiger partial charge in [-0.1, -0.05) is 12.8 Å². The van der Waals surface area contributed by atoms with Crippen LogP contribution in [0.2, 0.25) is 0 Å². The van der Waals surface area contributed by atoms with Crippen LogP contribution in [0.5, 0.6) is 0 Å². The molecule has 4 heteroatoms. The molecule has 0 spiro atoms. The molecule has 0 saturated carbocycles. The molecule has 2 aliphatic rings. The van der Waals surface area contributed by atoms with Crippen LogP contribution in [0.15, 0.2) is 0 Å². The van der Waals surface area contributed by atoms with Crippen LogP contribution in [0.1, 0.15) is 38.5 Å². The van der Waals surface area contributed by atoms with Crippen molar-refractivity contribution in [2.75, 3.05) is 26.2 Å². The van der Waals surface area contributed by atoms with E-state index in [4.69, 9.17) is 0 Å². The molecular weight excluding hydrogens is 204 g/mol. The van der Waals surface area contributed by atoms with Crippen molar-refractivity contribution in [2.24, 2.45) is 11.8 Å². The Morgan fingerprint density at radius 3 is 1.31 bits per heavy atom. The molecule has 0 aromatic rings. The first-order valence-electron chi connectivity index (χ1n) is 6.61. The highest BCUT2D eigenvalue weighted by Crippen LogP contribution is 2.27. The molecule has 2 N–H and O–H groups in total. The van der Waals surface area contributed by atoms with Crippen molar-refractivity contribution in [3.05, 3.63) is 0 Å². The highest BCUT2D eigenvalue weighted by molar-refractivity contribution is 4.72. The lowest BCUT2D eigenvalue weighted by Gasteiger charge is -2.31. The molecule has 0 bridgehead atoms. The summed E-state index contributed by atoms with van der Waals surface area (Å²) in [7, 11) is 0. The molecular formula is C12H24N2O2. The quantitative estimate of drug-likeness (QED) is 0.775. The average molecular weight is 228 g/mol. The second kappa shape index (κ2) is 5.96. The van der Waals surface area contributed by atoms with Gasteiger partial charge in [-0.2, -0.15) is 10.1 Å². The van der Waals surface area contributed by atoms with Gasteiger partial charge in [0.15, 0.2) is 0 Å². The summed E-state index contributed by atoms with van der Waals surface area (Å²) in [6.45, 7) is 3.39. The maximum absolute atomic E-state index is 9.27. The molecule has 0 radical (unpaired) electrons. The van der Waals surface area contributed by atoms with Crippen molar-refractivity contribution in [1.82, 2.24) is 10.1 Å². The normalized spacial score (nSPS) is 27.4. The second-order valence-electron chi connectivity index (χ2n) is 5.37. The molecule has 4 nitrogen and oxygen atoms in total. The first-order chi connectivity index (χ1) is 7.74. The summed E-state index contributed by atoms with van der Waals surface area (Å²) in [6.07, 6.45) is 7.21. The monoisotopic (exact) mass is 228 g/mol. The van der Waals surface area contributed by atoms with Gasteiger partial charge >= 0.3 is 0 Å². The number of nitrogens with zero attached hydrogens (tertiary/aromatic N) is 2. The molecule has 2 saturated heterocycles. The Hall–Kier alpha value is -0.160. The third kappa shape index (κ3) is 3.70. The lowest BCUT2D eigenvalue weighted by Crippen LogP contribution is -2.32. The molecule has 0 aromatic carbocycles. The summed E-state index contributed by atoms with van der Waals surface area (Å²) in [6, 6.07) is 0. The van der Waals surface area contributed by atoms with Gasteiger partial charge in [0.05, 0.1) is 0 Å². The summed E-state index contributed by atoms with van der Waals surface area (Å²) < 4.78 is 0. The molecule has 94 valence electrons. The van der Waals surface area contributed by atoms with Crippen LogP contribution >= 0.6 is 0 Å². The summed E-state index contributed by atoms with van der Waals surface area (Å²) in [5.41, 5.74) is 0. The van der Waals surface area contributed by atoms with Crippen LogP contribution in [0.4, 0.5) is 0 Å². The zero-order valence-electron chi connectivity index (χ0n) is 10.0. The van der Waals surface area contributed by atoms with Gasteiger partial charge in [-0.15, -0.1) is 0 Å². The molecule has 0 amide bonds. The van der Waals surface area contributed by atoms with E-state index in [1.165, 1.54) is 23.0 Å². The Kier molecular flexibility index (Phi) is 4.58. The third-order valence-electron chi connectivity index (χ3n) is 4.17. The van der Waals surface area contributed by atoms with E-state index in [0.29, 0.717) is 0 Å². The zero-order valence-corrected chi connectivity index (χ0v) is 10.0. The summed E-state index contributed by atoms with van der Waals surface area (Å²) in [4.78, 5) is 0. The van der Waals surface area contributed by atoms with Gasteiger partial charge in [0.2, 0.25) is 0 Å². The maximum Gasteiger partial charge on any atom is 0.0240 e. The molecule has 2 heterocycles. The predicted molar refractivity (Wildman–Crippen MR) is 61.4 cm³/mol. The highest BCUT2D eigenvalue weighted by atomic mass is 16.5. The van der Waals surface area contributed by atoms with E-state index in [-0.39, 0.29) is 0 Å². The minimum Gasteiger partial charge on any atom is -0.314 e. The van der Waals surface area contributed by atoms with E-state index in [9.17, 15) is 10.4 Å². The van der Waals surface area contributed by atoms with E-state index >= 15 is 0 Å². The Morgan fingerprint density at radius 1 is 0.688 bits per heavy atom. The van der Waals surface area contributed by atoms with E-state index in [1.807, 2.05) is 0 Å².